The first kappa shape index (κ1) is 21.2. The summed E-state index contributed by atoms with van der Waals surface area (Å²) >= 11 is 5.85. The summed E-state index contributed by atoms with van der Waals surface area (Å²) in [6.45, 7) is 1.74. The first-order valence-electron chi connectivity index (χ1n) is 8.67. The van der Waals surface area contributed by atoms with Gasteiger partial charge in [-0.15, -0.1) is 22.7 Å². The second kappa shape index (κ2) is 9.82. The van der Waals surface area contributed by atoms with Gasteiger partial charge < -0.3 is 15.4 Å². The van der Waals surface area contributed by atoms with Crippen LogP contribution in [0.2, 0.25) is 0 Å². The van der Waals surface area contributed by atoms with Gasteiger partial charge in [-0.25, -0.2) is 4.79 Å². The number of thiophene rings is 2. The standard InChI is InChI=1S/C20H17BrN2O4S2/c1-2-27-20(26)13-10-15(12-6-4-3-5-7-12)29-19(13)23-17(24)11-22-18(25)14-8-9-16(21)28-14/h3-10H,2,11H2,1H3,(H,22,25)(H,23,24). The van der Waals surface area contributed by atoms with Crippen molar-refractivity contribution in [2.45, 2.75) is 6.92 Å². The number of hydrogen-bond acceptors (Lipinski definition) is 6. The molecule has 0 atom stereocenters. The van der Waals surface area contributed by atoms with Crippen molar-refractivity contribution in [3.63, 3.8) is 0 Å². The van der Waals surface area contributed by atoms with Crippen LogP contribution in [0, 0.1) is 0 Å². The minimum absolute atomic E-state index is 0.213. The largest absolute Gasteiger partial charge is 0.462 e. The Morgan fingerprint density at radius 2 is 1.83 bits per heavy atom. The molecule has 3 aromatic rings. The van der Waals surface area contributed by atoms with Crippen LogP contribution in [0.5, 0.6) is 0 Å². The number of nitrogens with one attached hydrogen (secondary N) is 2. The monoisotopic (exact) mass is 492 g/mol. The van der Waals surface area contributed by atoms with Crippen molar-refractivity contribution in [3.05, 3.63) is 62.8 Å². The number of rotatable bonds is 7. The molecule has 1 aromatic carbocycles. The average molecular weight is 493 g/mol. The number of esters is 1. The van der Waals surface area contributed by atoms with Crippen LogP contribution in [0.3, 0.4) is 0 Å². The third-order valence-electron chi connectivity index (χ3n) is 3.75. The van der Waals surface area contributed by atoms with Crippen LogP contribution in [-0.4, -0.2) is 30.9 Å². The minimum Gasteiger partial charge on any atom is -0.462 e. The number of anilines is 1. The van der Waals surface area contributed by atoms with Crippen molar-refractivity contribution in [2.75, 3.05) is 18.5 Å². The number of hydrogen-bond donors (Lipinski definition) is 2. The quantitative estimate of drug-likeness (QED) is 0.464. The van der Waals surface area contributed by atoms with Crippen molar-refractivity contribution in [1.82, 2.24) is 5.32 Å². The van der Waals surface area contributed by atoms with Crippen molar-refractivity contribution < 1.29 is 19.1 Å². The Hall–Kier alpha value is -2.49. The highest BCUT2D eigenvalue weighted by Gasteiger charge is 2.20. The first-order chi connectivity index (χ1) is 14.0. The SMILES string of the molecule is CCOC(=O)c1cc(-c2ccccc2)sc1NC(=O)CNC(=O)c1ccc(Br)s1. The molecule has 2 N–H and O–H groups in total. The maximum absolute atomic E-state index is 12.4. The van der Waals surface area contributed by atoms with Crippen molar-refractivity contribution in [2.24, 2.45) is 0 Å². The zero-order valence-corrected chi connectivity index (χ0v) is 18.6. The molecule has 6 nitrogen and oxygen atoms in total. The fourth-order valence-corrected chi connectivity index (χ4v) is 4.81. The molecule has 2 aromatic heterocycles. The van der Waals surface area contributed by atoms with E-state index in [2.05, 4.69) is 26.6 Å². The molecule has 0 saturated heterocycles. The topological polar surface area (TPSA) is 84.5 Å². The van der Waals surface area contributed by atoms with Gasteiger partial charge in [0.25, 0.3) is 5.91 Å². The van der Waals surface area contributed by atoms with Crippen molar-refractivity contribution in [3.8, 4) is 10.4 Å². The summed E-state index contributed by atoms with van der Waals surface area (Å²) in [5.74, 6) is -1.27. The number of amides is 2. The second-order valence-electron chi connectivity index (χ2n) is 5.77. The molecular weight excluding hydrogens is 476 g/mol. The molecule has 0 unspecified atom stereocenters. The van der Waals surface area contributed by atoms with Gasteiger partial charge in [-0.3, -0.25) is 9.59 Å². The van der Waals surface area contributed by atoms with Crippen molar-refractivity contribution in [1.29, 1.82) is 0 Å². The van der Waals surface area contributed by atoms with Gasteiger partial charge in [-0.1, -0.05) is 30.3 Å². The third kappa shape index (κ3) is 5.53. The second-order valence-corrected chi connectivity index (χ2v) is 9.29. The highest BCUT2D eigenvalue weighted by molar-refractivity contribution is 9.11. The molecule has 0 aliphatic carbocycles. The number of carbonyl (C=O) groups is 3. The fourth-order valence-electron chi connectivity index (χ4n) is 2.44. The van der Waals surface area contributed by atoms with Crippen LogP contribution in [-0.2, 0) is 9.53 Å². The lowest BCUT2D eigenvalue weighted by Crippen LogP contribution is -2.32. The molecular formula is C20H17BrN2O4S2. The summed E-state index contributed by atoms with van der Waals surface area (Å²) in [7, 11) is 0. The van der Waals surface area contributed by atoms with Gasteiger partial charge in [0.05, 0.1) is 27.4 Å². The molecule has 9 heteroatoms. The van der Waals surface area contributed by atoms with E-state index in [-0.39, 0.29) is 24.6 Å². The lowest BCUT2D eigenvalue weighted by atomic mass is 10.1. The molecule has 3 rings (SSSR count). The van der Waals surface area contributed by atoms with Gasteiger partial charge in [0, 0.05) is 4.88 Å². The van der Waals surface area contributed by atoms with Crippen LogP contribution >= 0.6 is 38.6 Å². The lowest BCUT2D eigenvalue weighted by Gasteiger charge is -2.07. The van der Waals surface area contributed by atoms with E-state index in [1.54, 1.807) is 25.1 Å². The van der Waals surface area contributed by atoms with Gasteiger partial charge in [0.15, 0.2) is 0 Å². The number of ether oxygens (including phenoxy) is 1. The fraction of sp³-hybridized carbons (Fsp3) is 0.150. The van der Waals surface area contributed by atoms with Crippen LogP contribution in [0.4, 0.5) is 5.00 Å². The summed E-state index contributed by atoms with van der Waals surface area (Å²) in [6.07, 6.45) is 0. The van der Waals surface area contributed by atoms with Crippen LogP contribution in [0.15, 0.2) is 52.3 Å². The van der Waals surface area contributed by atoms with E-state index in [0.717, 1.165) is 14.2 Å². The zero-order chi connectivity index (χ0) is 20.8. The van der Waals surface area contributed by atoms with Crippen LogP contribution < -0.4 is 10.6 Å². The van der Waals surface area contributed by atoms with Crippen LogP contribution in [0.25, 0.3) is 10.4 Å². The zero-order valence-electron chi connectivity index (χ0n) is 15.4. The highest BCUT2D eigenvalue weighted by atomic mass is 79.9. The normalized spacial score (nSPS) is 10.4. The Bertz CT molecular complexity index is 1030. The van der Waals surface area contributed by atoms with Crippen molar-refractivity contribution >= 4 is 61.4 Å². The molecule has 29 heavy (non-hydrogen) atoms. The smallest absolute Gasteiger partial charge is 0.341 e. The Kier molecular flexibility index (Phi) is 7.18. The first-order valence-corrected chi connectivity index (χ1v) is 11.1. The molecule has 0 fully saturated rings. The van der Waals surface area contributed by atoms with E-state index >= 15 is 0 Å². The van der Waals surface area contributed by atoms with E-state index in [0.29, 0.717) is 9.88 Å². The number of carbonyl (C=O) groups excluding carboxylic acids is 3. The molecule has 0 bridgehead atoms. The molecule has 0 radical (unpaired) electrons. The Labute approximate surface area is 184 Å². The predicted octanol–water partition coefficient (Wildman–Crippen LogP) is 4.78. The van der Waals surface area contributed by atoms with E-state index < -0.39 is 11.9 Å². The Morgan fingerprint density at radius 1 is 1.07 bits per heavy atom. The summed E-state index contributed by atoms with van der Waals surface area (Å²) in [5.41, 5.74) is 1.22. The van der Waals surface area contributed by atoms with E-state index in [1.165, 1.54) is 22.7 Å². The molecule has 150 valence electrons. The van der Waals surface area contributed by atoms with E-state index in [1.807, 2.05) is 30.3 Å². The summed E-state index contributed by atoms with van der Waals surface area (Å²) in [4.78, 5) is 38.1. The summed E-state index contributed by atoms with van der Waals surface area (Å²) in [6, 6.07) is 14.7. The third-order valence-corrected chi connectivity index (χ3v) is 6.47. The highest BCUT2D eigenvalue weighted by Crippen LogP contribution is 2.35. The maximum atomic E-state index is 12.4. The van der Waals surface area contributed by atoms with Gasteiger partial charge in [0.2, 0.25) is 5.91 Å². The maximum Gasteiger partial charge on any atom is 0.341 e. The predicted molar refractivity (Wildman–Crippen MR) is 119 cm³/mol. The lowest BCUT2D eigenvalue weighted by molar-refractivity contribution is -0.115. The van der Waals surface area contributed by atoms with Gasteiger partial charge in [-0.05, 0) is 46.6 Å². The van der Waals surface area contributed by atoms with Gasteiger partial charge in [0.1, 0.15) is 5.00 Å². The van der Waals surface area contributed by atoms with Gasteiger partial charge in [-0.2, -0.15) is 0 Å². The minimum atomic E-state index is -0.506. The Morgan fingerprint density at radius 3 is 2.48 bits per heavy atom. The summed E-state index contributed by atoms with van der Waals surface area (Å²) in [5, 5.41) is 5.67. The van der Waals surface area contributed by atoms with E-state index in [9.17, 15) is 14.4 Å². The molecule has 0 aliphatic heterocycles. The molecule has 2 heterocycles. The molecule has 0 aliphatic rings. The summed E-state index contributed by atoms with van der Waals surface area (Å²) < 4.78 is 5.93. The van der Waals surface area contributed by atoms with Crippen LogP contribution in [0.1, 0.15) is 27.0 Å². The molecule has 0 spiro atoms. The molecule has 0 saturated carbocycles. The molecule has 2 amide bonds. The average Bonchev–Trinajstić information content (AvgIpc) is 3.33. The number of benzene rings is 1. The van der Waals surface area contributed by atoms with E-state index in [4.69, 9.17) is 4.74 Å². The van der Waals surface area contributed by atoms with Gasteiger partial charge >= 0.3 is 5.97 Å². The number of halogens is 1. The Balaban J connectivity index is 1.72.